The summed E-state index contributed by atoms with van der Waals surface area (Å²) in [6, 6.07) is 3.77. The Balaban J connectivity index is 1.43. The van der Waals surface area contributed by atoms with E-state index in [1.807, 2.05) is 39.8 Å². The minimum Gasteiger partial charge on any atom is -0.444 e. The number of alkyl carbamates (subject to hydrolysis) is 1. The van der Waals surface area contributed by atoms with Crippen LogP contribution in [0.1, 0.15) is 64.1 Å². The summed E-state index contributed by atoms with van der Waals surface area (Å²) in [4.78, 5) is 20.9. The van der Waals surface area contributed by atoms with Crippen molar-refractivity contribution in [3.05, 3.63) is 35.4 Å². The predicted molar refractivity (Wildman–Crippen MR) is 112 cm³/mol. The normalized spacial score (nSPS) is 26.0. The van der Waals surface area contributed by atoms with Gasteiger partial charge in [0.1, 0.15) is 11.4 Å². The largest absolute Gasteiger partial charge is 0.444 e. The molecule has 162 valence electrons. The number of aryl methyl sites for hydroxylation is 2. The van der Waals surface area contributed by atoms with Gasteiger partial charge >= 0.3 is 6.09 Å². The summed E-state index contributed by atoms with van der Waals surface area (Å²) in [6.45, 7) is 7.92. The molecule has 1 saturated carbocycles. The van der Waals surface area contributed by atoms with Gasteiger partial charge < -0.3 is 14.8 Å². The van der Waals surface area contributed by atoms with Crippen molar-refractivity contribution >= 4 is 17.1 Å². The number of aromatic nitrogens is 2. The average Bonchev–Trinajstić information content (AvgIpc) is 2.67. The van der Waals surface area contributed by atoms with Gasteiger partial charge in [-0.1, -0.05) is 0 Å². The monoisotopic (exact) mass is 415 g/mol. The van der Waals surface area contributed by atoms with Crippen LogP contribution >= 0.6 is 0 Å². The summed E-state index contributed by atoms with van der Waals surface area (Å²) in [5.74, 6) is -0.315. The van der Waals surface area contributed by atoms with Crippen LogP contribution < -0.4 is 5.32 Å². The number of ether oxygens (including phenoxy) is 2. The maximum Gasteiger partial charge on any atom is 0.408 e. The molecule has 4 heterocycles. The fraction of sp³-hybridized carbons (Fsp3) is 0.609. The van der Waals surface area contributed by atoms with Gasteiger partial charge in [0, 0.05) is 11.3 Å². The second kappa shape index (κ2) is 7.45. The molecule has 30 heavy (non-hydrogen) atoms. The lowest BCUT2D eigenvalue weighted by molar-refractivity contribution is -0.163. The van der Waals surface area contributed by atoms with Gasteiger partial charge in [-0.2, -0.15) is 0 Å². The van der Waals surface area contributed by atoms with Crippen molar-refractivity contribution in [3.8, 4) is 0 Å². The first-order valence-corrected chi connectivity index (χ1v) is 10.6. The van der Waals surface area contributed by atoms with Crippen LogP contribution in [-0.4, -0.2) is 39.4 Å². The van der Waals surface area contributed by atoms with E-state index in [4.69, 9.17) is 9.47 Å². The molecule has 1 aliphatic carbocycles. The summed E-state index contributed by atoms with van der Waals surface area (Å²) < 4.78 is 26.3. The van der Waals surface area contributed by atoms with E-state index in [2.05, 4.69) is 15.3 Å². The van der Waals surface area contributed by atoms with Crippen LogP contribution in [-0.2, 0) is 15.9 Å². The molecule has 0 atom stereocenters. The van der Waals surface area contributed by atoms with Crippen LogP contribution in [0.3, 0.4) is 0 Å². The molecule has 2 aliphatic heterocycles. The molecule has 0 aromatic carbocycles. The van der Waals surface area contributed by atoms with Crippen LogP contribution in [0, 0.1) is 12.7 Å². The molecule has 7 heteroatoms. The van der Waals surface area contributed by atoms with Gasteiger partial charge in [-0.05, 0) is 78.4 Å². The summed E-state index contributed by atoms with van der Waals surface area (Å²) in [6.07, 6.45) is 5.50. The lowest BCUT2D eigenvalue weighted by Crippen LogP contribution is -2.63. The lowest BCUT2D eigenvalue weighted by atomic mass is 9.69. The van der Waals surface area contributed by atoms with E-state index in [0.29, 0.717) is 29.6 Å². The highest BCUT2D eigenvalue weighted by Crippen LogP contribution is 2.46. The zero-order chi connectivity index (χ0) is 21.6. The number of pyridine rings is 2. The highest BCUT2D eigenvalue weighted by molar-refractivity contribution is 5.78. The molecule has 0 radical (unpaired) electrons. The third kappa shape index (κ3) is 4.26. The standard InChI is InChI=1S/C23H30FN3O3/c1-15-5-6-18-19(26-15)16(17(24)13-25-18)7-8-23-11-9-22(10-12-23,14-29-23)27-20(28)30-21(2,3)4/h5-6,13H,7-12,14H2,1-4H3,(H,27,28). The maximum absolute atomic E-state index is 14.6. The number of carbonyl (C=O) groups excluding carboxylic acids is 1. The minimum atomic E-state index is -0.529. The topological polar surface area (TPSA) is 73.3 Å². The van der Waals surface area contributed by atoms with E-state index in [0.717, 1.165) is 37.8 Å². The van der Waals surface area contributed by atoms with E-state index in [-0.39, 0.29) is 17.0 Å². The number of carbonyl (C=O) groups is 1. The Bertz CT molecular complexity index is 940. The molecule has 2 aromatic rings. The zero-order valence-corrected chi connectivity index (χ0v) is 18.2. The molecule has 0 unspecified atom stereocenters. The van der Waals surface area contributed by atoms with Crippen LogP contribution in [0.2, 0.25) is 0 Å². The quantitative estimate of drug-likeness (QED) is 0.789. The van der Waals surface area contributed by atoms with Crippen molar-refractivity contribution in [2.24, 2.45) is 0 Å². The molecule has 6 nitrogen and oxygen atoms in total. The predicted octanol–water partition coefficient (Wildman–Crippen LogP) is 4.62. The van der Waals surface area contributed by atoms with Crippen molar-refractivity contribution in [2.45, 2.75) is 83.0 Å². The number of nitrogens with zero attached hydrogens (tertiary/aromatic N) is 2. The second-order valence-corrected chi connectivity index (χ2v) is 9.78. The van der Waals surface area contributed by atoms with Gasteiger partial charge in [-0.3, -0.25) is 9.97 Å². The van der Waals surface area contributed by atoms with Crippen molar-refractivity contribution < 1.29 is 18.7 Å². The zero-order valence-electron chi connectivity index (χ0n) is 18.2. The summed E-state index contributed by atoms with van der Waals surface area (Å²) >= 11 is 0. The Labute approximate surface area is 176 Å². The Morgan fingerprint density at radius 1 is 1.27 bits per heavy atom. The van der Waals surface area contributed by atoms with Crippen molar-refractivity contribution in [2.75, 3.05) is 6.61 Å². The van der Waals surface area contributed by atoms with E-state index < -0.39 is 11.7 Å². The summed E-state index contributed by atoms with van der Waals surface area (Å²) in [7, 11) is 0. The molecule has 2 aromatic heterocycles. The number of halogens is 1. The van der Waals surface area contributed by atoms with Gasteiger partial charge in [0.2, 0.25) is 0 Å². The smallest absolute Gasteiger partial charge is 0.408 e. The van der Waals surface area contributed by atoms with E-state index in [1.165, 1.54) is 6.20 Å². The number of rotatable bonds is 4. The SMILES string of the molecule is Cc1ccc2ncc(F)c(CCC34CCC(NC(=O)OC(C)(C)C)(CC3)CO4)c2n1. The van der Waals surface area contributed by atoms with Crippen molar-refractivity contribution in [1.82, 2.24) is 15.3 Å². The van der Waals surface area contributed by atoms with Gasteiger partial charge in [-0.15, -0.1) is 0 Å². The van der Waals surface area contributed by atoms with Crippen LogP contribution in [0.15, 0.2) is 18.3 Å². The van der Waals surface area contributed by atoms with Gasteiger partial charge in [0.25, 0.3) is 0 Å². The highest BCUT2D eigenvalue weighted by atomic mass is 19.1. The van der Waals surface area contributed by atoms with Gasteiger partial charge in [0.05, 0.1) is 35.0 Å². The Morgan fingerprint density at radius 3 is 2.63 bits per heavy atom. The molecule has 2 saturated heterocycles. The van der Waals surface area contributed by atoms with Crippen LogP contribution in [0.25, 0.3) is 11.0 Å². The van der Waals surface area contributed by atoms with Crippen LogP contribution in [0.4, 0.5) is 9.18 Å². The molecule has 1 amide bonds. The van der Waals surface area contributed by atoms with E-state index in [1.54, 1.807) is 0 Å². The third-order valence-corrected chi connectivity index (χ3v) is 6.27. The molecule has 2 bridgehead atoms. The molecule has 3 aliphatic rings. The average molecular weight is 416 g/mol. The van der Waals surface area contributed by atoms with E-state index in [9.17, 15) is 9.18 Å². The summed E-state index contributed by atoms with van der Waals surface area (Å²) in [5, 5.41) is 3.04. The molecule has 0 spiro atoms. The number of nitrogens with one attached hydrogen (secondary N) is 1. The van der Waals surface area contributed by atoms with Crippen molar-refractivity contribution in [3.63, 3.8) is 0 Å². The first kappa shape index (κ1) is 21.0. The first-order valence-electron chi connectivity index (χ1n) is 10.6. The molecular formula is C23H30FN3O3. The number of fused-ring (bicyclic) bond motifs is 4. The fourth-order valence-corrected chi connectivity index (χ4v) is 4.55. The minimum absolute atomic E-state index is 0.275. The molecule has 1 N–H and O–H groups in total. The highest BCUT2D eigenvalue weighted by Gasteiger charge is 2.50. The first-order chi connectivity index (χ1) is 14.1. The second-order valence-electron chi connectivity index (χ2n) is 9.78. The number of amides is 1. The number of hydrogen-bond donors (Lipinski definition) is 1. The lowest BCUT2D eigenvalue weighted by Gasteiger charge is -2.53. The number of hydrogen-bond acceptors (Lipinski definition) is 5. The Morgan fingerprint density at radius 2 is 2.00 bits per heavy atom. The molecule has 5 rings (SSSR count). The summed E-state index contributed by atoms with van der Waals surface area (Å²) in [5.41, 5.74) is 1.64. The fourth-order valence-electron chi connectivity index (χ4n) is 4.55. The van der Waals surface area contributed by atoms with Gasteiger partial charge in [-0.25, -0.2) is 9.18 Å². The van der Waals surface area contributed by atoms with Crippen molar-refractivity contribution in [1.29, 1.82) is 0 Å². The Kier molecular flexibility index (Phi) is 5.21. The Hall–Kier alpha value is -2.28. The molecular weight excluding hydrogens is 385 g/mol. The van der Waals surface area contributed by atoms with Crippen LogP contribution in [0.5, 0.6) is 0 Å². The van der Waals surface area contributed by atoms with Gasteiger partial charge in [0.15, 0.2) is 0 Å². The third-order valence-electron chi connectivity index (χ3n) is 6.27. The maximum atomic E-state index is 14.6. The van der Waals surface area contributed by atoms with E-state index >= 15 is 0 Å². The molecule has 3 fully saturated rings.